The van der Waals surface area contributed by atoms with Crippen molar-refractivity contribution in [3.05, 3.63) is 78.4 Å². The highest BCUT2D eigenvalue weighted by Gasteiger charge is 2.35. The van der Waals surface area contributed by atoms with Crippen LogP contribution in [0.25, 0.3) is 16.8 Å². The zero-order chi connectivity index (χ0) is 24.5. The van der Waals surface area contributed by atoms with Crippen molar-refractivity contribution in [1.82, 2.24) is 19.3 Å². The standard InChI is InChI=1S/C29H33N5O2/c30-28-27-26(22-7-4-8-25(17-22)36-19-20-5-2-1-3-6-20)32-29(34(27)14-11-31-28)23-15-21(16-23)18-33-12-9-24(35)10-13-33/h1-8,11,14,17,21,23-24,35H,9-10,12-13,15-16,18-19H2,(H2,30,31). The van der Waals surface area contributed by atoms with Gasteiger partial charge in [0.1, 0.15) is 35.2 Å². The summed E-state index contributed by atoms with van der Waals surface area (Å²) in [5.74, 6) is 3.44. The molecule has 3 heterocycles. The van der Waals surface area contributed by atoms with Gasteiger partial charge >= 0.3 is 0 Å². The third-order valence-electron chi connectivity index (χ3n) is 7.64. The number of nitrogens with zero attached hydrogens (tertiary/aromatic N) is 4. The molecule has 1 saturated heterocycles. The fourth-order valence-corrected chi connectivity index (χ4v) is 5.61. The molecule has 0 amide bonds. The van der Waals surface area contributed by atoms with E-state index in [1.165, 1.54) is 0 Å². The maximum Gasteiger partial charge on any atom is 0.150 e. The number of ether oxygens (including phenoxy) is 1. The number of anilines is 1. The normalized spacial score (nSPS) is 20.9. The lowest BCUT2D eigenvalue weighted by Crippen LogP contribution is -2.41. The number of piperidine rings is 1. The van der Waals surface area contributed by atoms with E-state index in [9.17, 15) is 5.11 Å². The quantitative estimate of drug-likeness (QED) is 0.402. The molecule has 6 rings (SSSR count). The smallest absolute Gasteiger partial charge is 0.150 e. The molecule has 7 heteroatoms. The van der Waals surface area contributed by atoms with E-state index in [-0.39, 0.29) is 6.10 Å². The van der Waals surface area contributed by atoms with Crippen LogP contribution >= 0.6 is 0 Å². The molecule has 2 aromatic heterocycles. The van der Waals surface area contributed by atoms with Gasteiger partial charge in [-0.2, -0.15) is 0 Å². The van der Waals surface area contributed by atoms with Gasteiger partial charge in [0.25, 0.3) is 0 Å². The predicted molar refractivity (Wildman–Crippen MR) is 141 cm³/mol. The van der Waals surface area contributed by atoms with Crippen LogP contribution in [0, 0.1) is 5.92 Å². The van der Waals surface area contributed by atoms with Crippen molar-refractivity contribution in [1.29, 1.82) is 0 Å². The van der Waals surface area contributed by atoms with Gasteiger partial charge in [-0.05, 0) is 49.3 Å². The van der Waals surface area contributed by atoms with Crippen molar-refractivity contribution in [2.75, 3.05) is 25.4 Å². The Morgan fingerprint density at radius 3 is 2.64 bits per heavy atom. The van der Waals surface area contributed by atoms with E-state index in [2.05, 4.69) is 32.5 Å². The van der Waals surface area contributed by atoms with Crippen LogP contribution in [-0.4, -0.2) is 50.1 Å². The van der Waals surface area contributed by atoms with Crippen LogP contribution in [0.5, 0.6) is 5.75 Å². The molecule has 4 aromatic rings. The first-order valence-electron chi connectivity index (χ1n) is 12.9. The third kappa shape index (κ3) is 4.68. The van der Waals surface area contributed by atoms with Crippen molar-refractivity contribution in [2.45, 2.75) is 44.3 Å². The molecule has 1 saturated carbocycles. The second-order valence-corrected chi connectivity index (χ2v) is 10.2. The fraction of sp³-hybridized carbons (Fsp3) is 0.379. The summed E-state index contributed by atoms with van der Waals surface area (Å²) in [5.41, 5.74) is 10.2. The SMILES string of the molecule is Nc1nccn2c(C3CC(CN4CCC(O)CC4)C3)nc(-c3cccc(OCc4ccccc4)c3)c12. The lowest BCUT2D eigenvalue weighted by Gasteiger charge is -2.39. The minimum absolute atomic E-state index is 0.119. The highest BCUT2D eigenvalue weighted by molar-refractivity contribution is 5.85. The van der Waals surface area contributed by atoms with Crippen molar-refractivity contribution in [3.8, 4) is 17.0 Å². The van der Waals surface area contributed by atoms with Gasteiger partial charge in [0.05, 0.1) is 6.10 Å². The molecule has 0 spiro atoms. The predicted octanol–water partition coefficient (Wildman–Crippen LogP) is 4.51. The Bertz CT molecular complexity index is 1320. The van der Waals surface area contributed by atoms with E-state index in [1.807, 2.05) is 42.6 Å². The number of hydrogen-bond acceptors (Lipinski definition) is 6. The summed E-state index contributed by atoms with van der Waals surface area (Å²) in [6.07, 6.45) is 7.65. The molecular formula is C29H33N5O2. The van der Waals surface area contributed by atoms with E-state index in [1.54, 1.807) is 6.20 Å². The minimum Gasteiger partial charge on any atom is -0.489 e. The highest BCUT2D eigenvalue weighted by Crippen LogP contribution is 2.43. The Kier molecular flexibility index (Phi) is 6.34. The number of imidazole rings is 1. The number of hydrogen-bond donors (Lipinski definition) is 2. The maximum absolute atomic E-state index is 9.78. The highest BCUT2D eigenvalue weighted by atomic mass is 16.5. The van der Waals surface area contributed by atoms with Gasteiger partial charge in [-0.1, -0.05) is 42.5 Å². The van der Waals surface area contributed by atoms with Crippen LogP contribution in [0.4, 0.5) is 5.82 Å². The third-order valence-corrected chi connectivity index (χ3v) is 7.64. The van der Waals surface area contributed by atoms with Crippen LogP contribution < -0.4 is 10.5 Å². The van der Waals surface area contributed by atoms with Crippen LogP contribution in [-0.2, 0) is 6.61 Å². The van der Waals surface area contributed by atoms with Crippen molar-refractivity contribution >= 4 is 11.3 Å². The number of rotatable bonds is 7. The molecule has 36 heavy (non-hydrogen) atoms. The first-order valence-corrected chi connectivity index (χ1v) is 12.9. The summed E-state index contributed by atoms with van der Waals surface area (Å²) in [5, 5.41) is 9.78. The van der Waals surface area contributed by atoms with E-state index < -0.39 is 0 Å². The zero-order valence-electron chi connectivity index (χ0n) is 20.5. The van der Waals surface area contributed by atoms with E-state index >= 15 is 0 Å². The summed E-state index contributed by atoms with van der Waals surface area (Å²) in [4.78, 5) is 12.0. The molecule has 0 atom stereocenters. The van der Waals surface area contributed by atoms with Crippen LogP contribution in [0.15, 0.2) is 67.0 Å². The Balaban J connectivity index is 1.21. The number of nitrogen functional groups attached to an aromatic ring is 1. The monoisotopic (exact) mass is 483 g/mol. The summed E-state index contributed by atoms with van der Waals surface area (Å²) >= 11 is 0. The lowest BCUT2D eigenvalue weighted by molar-refractivity contribution is 0.0621. The molecule has 2 aromatic carbocycles. The Hall–Kier alpha value is -3.42. The second kappa shape index (κ2) is 9.91. The molecule has 1 aliphatic carbocycles. The summed E-state index contributed by atoms with van der Waals surface area (Å²) in [6, 6.07) is 18.2. The summed E-state index contributed by atoms with van der Waals surface area (Å²) in [6.45, 7) is 3.64. The van der Waals surface area contributed by atoms with Gasteiger partial charge in [0, 0.05) is 43.5 Å². The lowest BCUT2D eigenvalue weighted by atomic mass is 9.74. The summed E-state index contributed by atoms with van der Waals surface area (Å²) < 4.78 is 8.21. The largest absolute Gasteiger partial charge is 0.489 e. The number of benzene rings is 2. The Morgan fingerprint density at radius 2 is 1.83 bits per heavy atom. The van der Waals surface area contributed by atoms with Gasteiger partial charge in [0.2, 0.25) is 0 Å². The maximum atomic E-state index is 9.78. The fourth-order valence-electron chi connectivity index (χ4n) is 5.61. The van der Waals surface area contributed by atoms with Crippen LogP contribution in [0.1, 0.15) is 43.0 Å². The molecule has 186 valence electrons. The van der Waals surface area contributed by atoms with E-state index in [0.717, 1.165) is 79.2 Å². The Labute approximate surface area is 211 Å². The van der Waals surface area contributed by atoms with Gasteiger partial charge in [-0.15, -0.1) is 0 Å². The number of aromatic nitrogens is 3. The molecule has 0 bridgehead atoms. The van der Waals surface area contributed by atoms with Gasteiger partial charge in [0.15, 0.2) is 0 Å². The molecule has 0 radical (unpaired) electrons. The molecule has 3 N–H and O–H groups in total. The number of likely N-dealkylation sites (tertiary alicyclic amines) is 1. The first kappa shape index (κ1) is 23.0. The molecule has 2 aliphatic rings. The van der Waals surface area contributed by atoms with E-state index in [0.29, 0.717) is 24.3 Å². The van der Waals surface area contributed by atoms with Crippen molar-refractivity contribution in [3.63, 3.8) is 0 Å². The van der Waals surface area contributed by atoms with Gasteiger partial charge in [-0.25, -0.2) is 9.97 Å². The number of aliphatic hydroxyl groups excluding tert-OH is 1. The Morgan fingerprint density at radius 1 is 1.03 bits per heavy atom. The average molecular weight is 484 g/mol. The number of aliphatic hydroxyl groups is 1. The topological polar surface area (TPSA) is 88.9 Å². The number of fused-ring (bicyclic) bond motifs is 1. The second-order valence-electron chi connectivity index (χ2n) is 10.2. The minimum atomic E-state index is -0.119. The van der Waals surface area contributed by atoms with Crippen LogP contribution in [0.3, 0.4) is 0 Å². The molecule has 2 fully saturated rings. The zero-order valence-corrected chi connectivity index (χ0v) is 20.5. The average Bonchev–Trinajstić information content (AvgIpc) is 3.27. The molecule has 0 unspecified atom stereocenters. The first-order chi connectivity index (χ1) is 17.6. The van der Waals surface area contributed by atoms with Gasteiger partial charge in [-0.3, -0.25) is 4.40 Å². The molecule has 1 aliphatic heterocycles. The van der Waals surface area contributed by atoms with E-state index in [4.69, 9.17) is 15.5 Å². The van der Waals surface area contributed by atoms with Gasteiger partial charge < -0.3 is 20.5 Å². The van der Waals surface area contributed by atoms with Crippen molar-refractivity contribution < 1.29 is 9.84 Å². The van der Waals surface area contributed by atoms with Crippen molar-refractivity contribution in [2.24, 2.45) is 5.92 Å². The number of nitrogens with two attached hydrogens (primary N) is 1. The molecular weight excluding hydrogens is 450 g/mol. The summed E-state index contributed by atoms with van der Waals surface area (Å²) in [7, 11) is 0. The molecule has 7 nitrogen and oxygen atoms in total. The van der Waals surface area contributed by atoms with Crippen LogP contribution in [0.2, 0.25) is 0 Å².